The van der Waals surface area contributed by atoms with E-state index in [4.69, 9.17) is 0 Å². The highest BCUT2D eigenvalue weighted by molar-refractivity contribution is 5.47. The lowest BCUT2D eigenvalue weighted by Gasteiger charge is -2.04. The van der Waals surface area contributed by atoms with Gasteiger partial charge in [0.05, 0.1) is 0 Å². The van der Waals surface area contributed by atoms with Gasteiger partial charge in [0.1, 0.15) is 6.33 Å². The maximum atomic E-state index is 4.05. The van der Waals surface area contributed by atoms with Crippen molar-refractivity contribution in [2.24, 2.45) is 0 Å². The third-order valence-electron chi connectivity index (χ3n) is 1.98. The molecule has 62 valence electrons. The van der Waals surface area contributed by atoms with Crippen LogP contribution in [0.25, 0.3) is 5.65 Å². The Morgan fingerprint density at radius 2 is 2.25 bits per heavy atom. The number of fused-ring (bicyclic) bond motifs is 1. The molecule has 0 N–H and O–H groups in total. The van der Waals surface area contributed by atoms with Crippen molar-refractivity contribution in [2.45, 2.75) is 19.8 Å². The van der Waals surface area contributed by atoms with Crippen molar-refractivity contribution in [2.75, 3.05) is 0 Å². The highest BCUT2D eigenvalue weighted by Crippen LogP contribution is 2.17. The molecule has 0 saturated carbocycles. The first kappa shape index (κ1) is 7.28. The molecule has 2 aromatic heterocycles. The average Bonchev–Trinajstić information content (AvgIpc) is 2.49. The molecule has 0 aliphatic rings. The van der Waals surface area contributed by atoms with E-state index in [1.165, 1.54) is 5.56 Å². The van der Waals surface area contributed by atoms with Gasteiger partial charge < -0.3 is 0 Å². The molecule has 3 nitrogen and oxygen atoms in total. The van der Waals surface area contributed by atoms with Gasteiger partial charge in [-0.1, -0.05) is 19.9 Å². The van der Waals surface area contributed by atoms with Crippen LogP contribution in [0.3, 0.4) is 0 Å². The molecule has 0 fully saturated rings. The third-order valence-corrected chi connectivity index (χ3v) is 1.98. The van der Waals surface area contributed by atoms with Crippen LogP contribution in [0.2, 0.25) is 0 Å². The Labute approximate surface area is 71.1 Å². The lowest BCUT2D eigenvalue weighted by molar-refractivity contribution is 0.862. The Morgan fingerprint density at radius 3 is 3.00 bits per heavy atom. The van der Waals surface area contributed by atoms with E-state index in [9.17, 15) is 0 Å². The second-order valence-electron chi connectivity index (χ2n) is 3.18. The first-order valence-electron chi connectivity index (χ1n) is 4.07. The van der Waals surface area contributed by atoms with Gasteiger partial charge in [-0.25, -0.2) is 0 Å². The van der Waals surface area contributed by atoms with E-state index < -0.39 is 0 Å². The summed E-state index contributed by atoms with van der Waals surface area (Å²) in [5, 5.41) is 7.91. The molecule has 0 radical (unpaired) electrons. The van der Waals surface area contributed by atoms with E-state index in [0.29, 0.717) is 5.92 Å². The Morgan fingerprint density at radius 1 is 1.42 bits per heavy atom. The molecule has 0 aliphatic heterocycles. The number of hydrogen-bond donors (Lipinski definition) is 0. The molecule has 0 aromatic carbocycles. The predicted molar refractivity (Wildman–Crippen MR) is 47.1 cm³/mol. The van der Waals surface area contributed by atoms with Gasteiger partial charge in [0.2, 0.25) is 0 Å². The van der Waals surface area contributed by atoms with E-state index >= 15 is 0 Å². The molecule has 2 aromatic rings. The molecular weight excluding hydrogens is 150 g/mol. The maximum absolute atomic E-state index is 4.05. The van der Waals surface area contributed by atoms with Crippen LogP contribution in [0.4, 0.5) is 0 Å². The van der Waals surface area contributed by atoms with E-state index in [2.05, 4.69) is 30.1 Å². The molecule has 0 atom stereocenters. The first-order chi connectivity index (χ1) is 5.79. The van der Waals surface area contributed by atoms with Crippen LogP contribution in [-0.4, -0.2) is 14.6 Å². The van der Waals surface area contributed by atoms with Gasteiger partial charge in [-0.2, -0.15) is 0 Å². The molecule has 0 spiro atoms. The molecule has 3 heteroatoms. The predicted octanol–water partition coefficient (Wildman–Crippen LogP) is 1.85. The molecule has 0 saturated heterocycles. The topological polar surface area (TPSA) is 30.2 Å². The highest BCUT2D eigenvalue weighted by atomic mass is 15.2. The van der Waals surface area contributed by atoms with Crippen LogP contribution in [0, 0.1) is 0 Å². The summed E-state index contributed by atoms with van der Waals surface area (Å²) in [7, 11) is 0. The molecule has 12 heavy (non-hydrogen) atoms. The fraction of sp³-hybridized carbons (Fsp3) is 0.333. The summed E-state index contributed by atoms with van der Waals surface area (Å²) in [6, 6.07) is 4.11. The van der Waals surface area contributed by atoms with Crippen LogP contribution in [0.15, 0.2) is 24.7 Å². The summed E-state index contributed by atoms with van der Waals surface area (Å²) < 4.78 is 1.94. The number of hydrogen-bond acceptors (Lipinski definition) is 2. The molecule has 0 amide bonds. The normalized spacial score (nSPS) is 11.2. The van der Waals surface area contributed by atoms with Crippen molar-refractivity contribution in [3.8, 4) is 0 Å². The van der Waals surface area contributed by atoms with Crippen LogP contribution >= 0.6 is 0 Å². The molecule has 0 unspecified atom stereocenters. The van der Waals surface area contributed by atoms with Crippen molar-refractivity contribution in [1.29, 1.82) is 0 Å². The van der Waals surface area contributed by atoms with Gasteiger partial charge in [-0.3, -0.25) is 4.40 Å². The summed E-state index contributed by atoms with van der Waals surface area (Å²) >= 11 is 0. The number of aromatic nitrogens is 3. The van der Waals surface area contributed by atoms with Gasteiger partial charge in [0.25, 0.3) is 0 Å². The zero-order chi connectivity index (χ0) is 8.55. The SMILES string of the molecule is CC(C)c1cccn2cnnc12. The minimum atomic E-state index is 0.498. The zero-order valence-corrected chi connectivity index (χ0v) is 7.23. The smallest absolute Gasteiger partial charge is 0.164 e. The van der Waals surface area contributed by atoms with Gasteiger partial charge in [-0.15, -0.1) is 10.2 Å². The minimum absolute atomic E-state index is 0.498. The van der Waals surface area contributed by atoms with Gasteiger partial charge >= 0.3 is 0 Å². The monoisotopic (exact) mass is 161 g/mol. The summed E-state index contributed by atoms with van der Waals surface area (Å²) in [5.74, 6) is 0.498. The zero-order valence-electron chi connectivity index (χ0n) is 7.23. The van der Waals surface area contributed by atoms with E-state index in [1.807, 2.05) is 16.7 Å². The van der Waals surface area contributed by atoms with Crippen molar-refractivity contribution in [3.05, 3.63) is 30.2 Å². The first-order valence-corrected chi connectivity index (χ1v) is 4.07. The second-order valence-corrected chi connectivity index (χ2v) is 3.18. The Kier molecular flexibility index (Phi) is 1.57. The Balaban J connectivity index is 2.73. The van der Waals surface area contributed by atoms with Crippen LogP contribution < -0.4 is 0 Å². The summed E-state index contributed by atoms with van der Waals surface area (Å²) in [6.45, 7) is 4.31. The van der Waals surface area contributed by atoms with Crippen LogP contribution in [0.5, 0.6) is 0 Å². The standard InChI is InChI=1S/C9H11N3/c1-7(2)8-4-3-5-12-6-10-11-9(8)12/h3-7H,1-2H3. The van der Waals surface area contributed by atoms with Crippen LogP contribution in [0.1, 0.15) is 25.3 Å². The van der Waals surface area contributed by atoms with Crippen molar-refractivity contribution in [3.63, 3.8) is 0 Å². The van der Waals surface area contributed by atoms with Crippen LogP contribution in [-0.2, 0) is 0 Å². The molecule has 0 bridgehead atoms. The van der Waals surface area contributed by atoms with Gasteiger partial charge in [-0.05, 0) is 17.5 Å². The Hall–Kier alpha value is -1.38. The summed E-state index contributed by atoms with van der Waals surface area (Å²) in [4.78, 5) is 0. The lowest BCUT2D eigenvalue weighted by atomic mass is 10.1. The second kappa shape index (κ2) is 2.59. The van der Waals surface area contributed by atoms with Crippen molar-refractivity contribution < 1.29 is 0 Å². The number of pyridine rings is 1. The van der Waals surface area contributed by atoms with E-state index in [0.717, 1.165) is 5.65 Å². The summed E-state index contributed by atoms with van der Waals surface area (Å²) in [6.07, 6.45) is 3.68. The molecular formula is C9H11N3. The van der Waals surface area contributed by atoms with E-state index in [1.54, 1.807) is 6.33 Å². The quantitative estimate of drug-likeness (QED) is 0.639. The molecule has 2 rings (SSSR count). The largest absolute Gasteiger partial charge is 0.289 e. The number of rotatable bonds is 1. The molecule has 2 heterocycles. The van der Waals surface area contributed by atoms with E-state index in [-0.39, 0.29) is 0 Å². The minimum Gasteiger partial charge on any atom is -0.289 e. The molecule has 0 aliphatic carbocycles. The van der Waals surface area contributed by atoms with Crippen molar-refractivity contribution >= 4 is 5.65 Å². The lowest BCUT2D eigenvalue weighted by Crippen LogP contribution is -1.93. The van der Waals surface area contributed by atoms with Gasteiger partial charge in [0.15, 0.2) is 5.65 Å². The van der Waals surface area contributed by atoms with Gasteiger partial charge in [0, 0.05) is 6.20 Å². The number of nitrogens with zero attached hydrogens (tertiary/aromatic N) is 3. The third kappa shape index (κ3) is 0.978. The fourth-order valence-corrected chi connectivity index (χ4v) is 1.32. The maximum Gasteiger partial charge on any atom is 0.164 e. The Bertz CT molecular complexity index is 389. The van der Waals surface area contributed by atoms with Crippen molar-refractivity contribution in [1.82, 2.24) is 14.6 Å². The average molecular weight is 161 g/mol. The fourth-order valence-electron chi connectivity index (χ4n) is 1.32. The highest BCUT2D eigenvalue weighted by Gasteiger charge is 2.05. The summed E-state index contributed by atoms with van der Waals surface area (Å²) in [5.41, 5.74) is 2.21.